The summed E-state index contributed by atoms with van der Waals surface area (Å²) in [6.07, 6.45) is 2.70. The van der Waals surface area contributed by atoms with Crippen molar-refractivity contribution in [3.63, 3.8) is 0 Å². The largest absolute Gasteiger partial charge is 0.573 e. The fraction of sp³-hybridized carbons (Fsp3) is 0.500. The zero-order valence-electron chi connectivity index (χ0n) is 16.9. The first kappa shape index (κ1) is 21.7. The molecule has 1 fully saturated rings. The molecule has 0 aromatic heterocycles. The Kier molecular flexibility index (Phi) is 6.86. The molecule has 0 N–H and O–H groups in total. The van der Waals surface area contributed by atoms with Crippen LogP contribution in [-0.2, 0) is 0 Å². The van der Waals surface area contributed by atoms with Crippen LogP contribution in [0.4, 0.5) is 17.6 Å². The molecule has 1 saturated carbocycles. The molecule has 2 aromatic carbocycles. The Hall–Kier alpha value is -2.04. The van der Waals surface area contributed by atoms with Crippen molar-refractivity contribution in [3.05, 3.63) is 53.8 Å². The smallest absolute Gasteiger partial charge is 0.406 e. The van der Waals surface area contributed by atoms with Gasteiger partial charge in [0.1, 0.15) is 11.6 Å². The number of ether oxygens (including phenoxy) is 1. The van der Waals surface area contributed by atoms with E-state index in [1.165, 1.54) is 62.8 Å². The summed E-state index contributed by atoms with van der Waals surface area (Å²) in [4.78, 5) is 0. The molecule has 1 aliphatic carbocycles. The summed E-state index contributed by atoms with van der Waals surface area (Å²) in [5.74, 6) is 1.05. The average Bonchev–Trinajstić information content (AvgIpc) is 2.68. The molecular formula is C24H28F4O. The number of benzene rings is 2. The Morgan fingerprint density at radius 2 is 1.66 bits per heavy atom. The maximum atomic E-state index is 14.8. The van der Waals surface area contributed by atoms with E-state index in [0.717, 1.165) is 11.5 Å². The van der Waals surface area contributed by atoms with Gasteiger partial charge in [0.15, 0.2) is 0 Å². The van der Waals surface area contributed by atoms with E-state index in [0.29, 0.717) is 23.0 Å². The summed E-state index contributed by atoms with van der Waals surface area (Å²) in [5, 5.41) is 0. The zero-order valence-corrected chi connectivity index (χ0v) is 16.9. The average molecular weight is 408 g/mol. The summed E-state index contributed by atoms with van der Waals surface area (Å²) in [6.45, 7) is 4.40. The van der Waals surface area contributed by atoms with Crippen molar-refractivity contribution in [1.82, 2.24) is 0 Å². The van der Waals surface area contributed by atoms with Crippen LogP contribution in [0.2, 0.25) is 0 Å². The summed E-state index contributed by atoms with van der Waals surface area (Å²) < 4.78 is 55.5. The van der Waals surface area contributed by atoms with Crippen LogP contribution in [0.5, 0.6) is 5.75 Å². The lowest BCUT2D eigenvalue weighted by Crippen LogP contribution is -2.19. The van der Waals surface area contributed by atoms with Crippen molar-refractivity contribution in [2.24, 2.45) is 11.8 Å². The van der Waals surface area contributed by atoms with Crippen LogP contribution < -0.4 is 4.74 Å². The van der Waals surface area contributed by atoms with Crippen molar-refractivity contribution in [2.75, 3.05) is 0 Å². The minimum absolute atomic E-state index is 0.295. The van der Waals surface area contributed by atoms with Gasteiger partial charge in [-0.3, -0.25) is 0 Å². The van der Waals surface area contributed by atoms with Gasteiger partial charge in [0.2, 0.25) is 0 Å². The third kappa shape index (κ3) is 5.74. The molecule has 1 atom stereocenters. The molecule has 0 saturated heterocycles. The van der Waals surface area contributed by atoms with Crippen LogP contribution in [0, 0.1) is 17.7 Å². The topological polar surface area (TPSA) is 9.23 Å². The first-order valence-corrected chi connectivity index (χ1v) is 10.4. The second-order valence-electron chi connectivity index (χ2n) is 8.17. The van der Waals surface area contributed by atoms with E-state index in [4.69, 9.17) is 0 Å². The minimum atomic E-state index is -4.74. The highest BCUT2D eigenvalue weighted by atomic mass is 19.4. The number of rotatable bonds is 6. The van der Waals surface area contributed by atoms with Gasteiger partial charge in [0, 0.05) is 5.56 Å². The van der Waals surface area contributed by atoms with Gasteiger partial charge in [-0.1, -0.05) is 63.8 Å². The quantitative estimate of drug-likeness (QED) is 0.439. The molecule has 5 heteroatoms. The number of alkyl halides is 3. The Labute approximate surface area is 170 Å². The first-order chi connectivity index (χ1) is 13.8. The molecular weight excluding hydrogens is 380 g/mol. The van der Waals surface area contributed by atoms with E-state index in [9.17, 15) is 17.6 Å². The molecule has 1 unspecified atom stereocenters. The maximum Gasteiger partial charge on any atom is 0.573 e. The van der Waals surface area contributed by atoms with Crippen LogP contribution in [-0.4, -0.2) is 6.36 Å². The van der Waals surface area contributed by atoms with Crippen molar-refractivity contribution < 1.29 is 22.3 Å². The molecule has 0 spiro atoms. The monoisotopic (exact) mass is 408 g/mol. The third-order valence-electron chi connectivity index (χ3n) is 6.21. The number of halogens is 4. The maximum absolute atomic E-state index is 14.8. The molecule has 158 valence electrons. The van der Waals surface area contributed by atoms with Gasteiger partial charge < -0.3 is 4.74 Å². The highest BCUT2D eigenvalue weighted by Crippen LogP contribution is 2.40. The van der Waals surface area contributed by atoms with E-state index in [2.05, 4.69) is 18.6 Å². The van der Waals surface area contributed by atoms with E-state index in [1.54, 1.807) is 12.1 Å². The van der Waals surface area contributed by atoms with Crippen molar-refractivity contribution in [3.8, 4) is 16.9 Å². The molecule has 0 aliphatic heterocycles. The van der Waals surface area contributed by atoms with Gasteiger partial charge >= 0.3 is 6.36 Å². The van der Waals surface area contributed by atoms with E-state index < -0.39 is 6.36 Å². The van der Waals surface area contributed by atoms with Crippen molar-refractivity contribution in [2.45, 2.75) is 64.7 Å². The van der Waals surface area contributed by atoms with Crippen molar-refractivity contribution >= 4 is 0 Å². The zero-order chi connectivity index (χ0) is 21.0. The van der Waals surface area contributed by atoms with Gasteiger partial charge in [-0.25, -0.2) is 4.39 Å². The van der Waals surface area contributed by atoms with Crippen molar-refractivity contribution in [1.29, 1.82) is 0 Å². The molecule has 3 rings (SSSR count). The lowest BCUT2D eigenvalue weighted by Gasteiger charge is -2.32. The summed E-state index contributed by atoms with van der Waals surface area (Å²) in [7, 11) is 0. The molecule has 0 radical (unpaired) electrons. The Bertz CT molecular complexity index is 790. The van der Waals surface area contributed by atoms with E-state index >= 15 is 0 Å². The highest BCUT2D eigenvalue weighted by molar-refractivity contribution is 5.65. The van der Waals surface area contributed by atoms with Crippen LogP contribution in [0.15, 0.2) is 42.5 Å². The molecule has 0 heterocycles. The van der Waals surface area contributed by atoms with Crippen LogP contribution in [0.1, 0.15) is 63.9 Å². The standard InChI is InChI=1S/C24H28F4O/c1-3-4-17-5-7-18(8-6-17)16(2)20-11-14-22(23(25)15-20)19-9-12-21(13-10-19)29-24(26,27)28/h9-18H,3-8H2,1-2H3. The lowest BCUT2D eigenvalue weighted by molar-refractivity contribution is -0.274. The fourth-order valence-electron chi connectivity index (χ4n) is 4.54. The Morgan fingerprint density at radius 1 is 1.00 bits per heavy atom. The summed E-state index contributed by atoms with van der Waals surface area (Å²) in [6, 6.07) is 10.5. The van der Waals surface area contributed by atoms with Crippen LogP contribution in [0.25, 0.3) is 11.1 Å². The molecule has 1 nitrogen and oxygen atoms in total. The van der Waals surface area contributed by atoms with Gasteiger partial charge in [0.25, 0.3) is 0 Å². The highest BCUT2D eigenvalue weighted by Gasteiger charge is 2.31. The molecule has 2 aromatic rings. The Balaban J connectivity index is 1.68. The molecule has 1 aliphatic rings. The molecule has 29 heavy (non-hydrogen) atoms. The normalized spacial score (nSPS) is 21.0. The first-order valence-electron chi connectivity index (χ1n) is 10.4. The summed E-state index contributed by atoms with van der Waals surface area (Å²) >= 11 is 0. The molecule has 0 bridgehead atoms. The van der Waals surface area contributed by atoms with Gasteiger partial charge in [-0.15, -0.1) is 13.2 Å². The minimum Gasteiger partial charge on any atom is -0.406 e. The fourth-order valence-corrected chi connectivity index (χ4v) is 4.54. The summed E-state index contributed by atoms with van der Waals surface area (Å²) in [5.41, 5.74) is 1.89. The van der Waals surface area contributed by atoms with Gasteiger partial charge in [-0.2, -0.15) is 0 Å². The number of hydrogen-bond donors (Lipinski definition) is 0. The second-order valence-corrected chi connectivity index (χ2v) is 8.17. The van der Waals surface area contributed by atoms with E-state index in [-0.39, 0.29) is 11.6 Å². The van der Waals surface area contributed by atoms with Crippen LogP contribution >= 0.6 is 0 Å². The van der Waals surface area contributed by atoms with Gasteiger partial charge in [-0.05, 0) is 59.9 Å². The number of hydrogen-bond acceptors (Lipinski definition) is 1. The molecule has 0 amide bonds. The SMILES string of the molecule is CCCC1CCC(C(C)c2ccc(-c3ccc(OC(F)(F)F)cc3)c(F)c2)CC1. The predicted molar refractivity (Wildman–Crippen MR) is 107 cm³/mol. The van der Waals surface area contributed by atoms with Crippen LogP contribution in [0.3, 0.4) is 0 Å². The second kappa shape index (κ2) is 9.19. The predicted octanol–water partition coefficient (Wildman–Crippen LogP) is 8.10. The van der Waals surface area contributed by atoms with E-state index in [1.807, 2.05) is 6.07 Å². The lowest BCUT2D eigenvalue weighted by atomic mass is 9.73. The Morgan fingerprint density at radius 3 is 2.21 bits per heavy atom. The third-order valence-corrected chi connectivity index (χ3v) is 6.21. The van der Waals surface area contributed by atoms with Gasteiger partial charge in [0.05, 0.1) is 0 Å².